The van der Waals surface area contributed by atoms with Gasteiger partial charge < -0.3 is 4.74 Å². The van der Waals surface area contributed by atoms with Crippen molar-refractivity contribution in [3.05, 3.63) is 12.4 Å². The average Bonchev–Trinajstić information content (AvgIpc) is 2.78. The third-order valence-corrected chi connectivity index (χ3v) is 3.60. The minimum absolute atomic E-state index is 0.0212. The van der Waals surface area contributed by atoms with Crippen LogP contribution in [0.4, 0.5) is 0 Å². The van der Waals surface area contributed by atoms with Crippen molar-refractivity contribution in [2.24, 2.45) is 5.92 Å². The number of rotatable bonds is 5. The fourth-order valence-electron chi connectivity index (χ4n) is 1.20. The zero-order valence-electron chi connectivity index (χ0n) is 9.80. The van der Waals surface area contributed by atoms with Gasteiger partial charge in [0.2, 0.25) is 10.0 Å². The predicted octanol–water partition coefficient (Wildman–Crippen LogP) is -0.114. The molecule has 1 rings (SSSR count). The second-order valence-electron chi connectivity index (χ2n) is 3.80. The first-order valence-corrected chi connectivity index (χ1v) is 6.45. The summed E-state index contributed by atoms with van der Waals surface area (Å²) in [5.41, 5.74) is 0. The van der Waals surface area contributed by atoms with Crippen molar-refractivity contribution in [1.29, 1.82) is 0 Å². The third-order valence-electron chi connectivity index (χ3n) is 2.19. The second kappa shape index (κ2) is 5.28. The first kappa shape index (κ1) is 13.7. The number of aromatic nitrogens is 2. The van der Waals surface area contributed by atoms with Crippen molar-refractivity contribution < 1.29 is 17.9 Å². The molecule has 17 heavy (non-hydrogen) atoms. The lowest BCUT2D eigenvalue weighted by molar-refractivity contribution is -0.143. The van der Waals surface area contributed by atoms with Gasteiger partial charge in [0.25, 0.3) is 0 Å². The van der Waals surface area contributed by atoms with Gasteiger partial charge in [-0.15, -0.1) is 0 Å². The van der Waals surface area contributed by atoms with Crippen molar-refractivity contribution in [2.75, 3.05) is 7.11 Å². The molecule has 8 heteroatoms. The highest BCUT2D eigenvalue weighted by Crippen LogP contribution is 2.10. The van der Waals surface area contributed by atoms with Gasteiger partial charge in [-0.3, -0.25) is 9.89 Å². The van der Waals surface area contributed by atoms with Crippen molar-refractivity contribution in [3.8, 4) is 0 Å². The van der Waals surface area contributed by atoms with Crippen molar-refractivity contribution in [2.45, 2.75) is 24.8 Å². The molecule has 0 aliphatic rings. The Morgan fingerprint density at radius 1 is 1.53 bits per heavy atom. The summed E-state index contributed by atoms with van der Waals surface area (Å²) in [5, 5.41) is 5.94. The maximum Gasteiger partial charge on any atom is 0.324 e. The van der Waals surface area contributed by atoms with E-state index in [0.717, 1.165) is 6.20 Å². The molecule has 1 atom stereocenters. The molecule has 0 saturated carbocycles. The summed E-state index contributed by atoms with van der Waals surface area (Å²) in [6.45, 7) is 3.44. The number of nitrogens with zero attached hydrogens (tertiary/aromatic N) is 1. The quantitative estimate of drug-likeness (QED) is 0.720. The maximum atomic E-state index is 11.8. The van der Waals surface area contributed by atoms with E-state index in [0.29, 0.717) is 0 Å². The minimum atomic E-state index is -3.76. The van der Waals surface area contributed by atoms with Crippen molar-refractivity contribution >= 4 is 16.0 Å². The molecule has 0 unspecified atom stereocenters. The van der Waals surface area contributed by atoms with Crippen molar-refractivity contribution in [1.82, 2.24) is 14.9 Å². The van der Waals surface area contributed by atoms with Crippen LogP contribution in [0.15, 0.2) is 17.3 Å². The van der Waals surface area contributed by atoms with Gasteiger partial charge in [-0.25, -0.2) is 8.42 Å². The molecule has 0 amide bonds. The van der Waals surface area contributed by atoms with Gasteiger partial charge in [0.05, 0.1) is 13.3 Å². The SMILES string of the molecule is COC(=O)[C@@H](NS(=O)(=O)c1cn[nH]c1)C(C)C. The van der Waals surface area contributed by atoms with Crippen LogP contribution in [0.5, 0.6) is 0 Å². The molecule has 0 bridgehead atoms. The van der Waals surface area contributed by atoms with Gasteiger partial charge in [0.1, 0.15) is 10.9 Å². The Balaban J connectivity index is 2.92. The normalized spacial score (nSPS) is 13.6. The lowest BCUT2D eigenvalue weighted by atomic mass is 10.1. The predicted molar refractivity (Wildman–Crippen MR) is 59.6 cm³/mol. The van der Waals surface area contributed by atoms with E-state index in [9.17, 15) is 13.2 Å². The van der Waals surface area contributed by atoms with E-state index < -0.39 is 22.0 Å². The van der Waals surface area contributed by atoms with Gasteiger partial charge in [-0.1, -0.05) is 13.8 Å². The smallest absolute Gasteiger partial charge is 0.324 e. The van der Waals surface area contributed by atoms with Gasteiger partial charge in [0.15, 0.2) is 0 Å². The molecule has 0 saturated heterocycles. The van der Waals surface area contributed by atoms with Gasteiger partial charge in [-0.2, -0.15) is 9.82 Å². The number of ether oxygens (including phenoxy) is 1. The molecular weight excluding hydrogens is 246 g/mol. The molecule has 1 aromatic rings. The second-order valence-corrected chi connectivity index (χ2v) is 5.51. The number of carbonyl (C=O) groups is 1. The van der Waals surface area contributed by atoms with E-state index in [1.807, 2.05) is 0 Å². The van der Waals surface area contributed by atoms with E-state index in [2.05, 4.69) is 19.7 Å². The molecule has 1 heterocycles. The number of aromatic amines is 1. The summed E-state index contributed by atoms with van der Waals surface area (Å²) < 4.78 is 30.5. The van der Waals surface area contributed by atoms with E-state index in [-0.39, 0.29) is 10.8 Å². The minimum Gasteiger partial charge on any atom is -0.468 e. The number of hydrogen-bond donors (Lipinski definition) is 2. The number of carbonyl (C=O) groups excluding carboxylic acids is 1. The molecule has 0 spiro atoms. The molecule has 1 aromatic heterocycles. The summed E-state index contributed by atoms with van der Waals surface area (Å²) in [4.78, 5) is 11.4. The van der Waals surface area contributed by atoms with E-state index in [1.165, 1.54) is 13.3 Å². The fourth-order valence-corrected chi connectivity index (χ4v) is 2.44. The van der Waals surface area contributed by atoms with Crippen LogP contribution in [0.2, 0.25) is 0 Å². The highest BCUT2D eigenvalue weighted by atomic mass is 32.2. The Kier molecular flexibility index (Phi) is 4.24. The molecule has 0 aromatic carbocycles. The van der Waals surface area contributed by atoms with Crippen LogP contribution in [0.3, 0.4) is 0 Å². The maximum absolute atomic E-state index is 11.8. The van der Waals surface area contributed by atoms with E-state index in [1.54, 1.807) is 13.8 Å². The largest absolute Gasteiger partial charge is 0.468 e. The lowest BCUT2D eigenvalue weighted by Crippen LogP contribution is -2.44. The van der Waals surface area contributed by atoms with Crippen LogP contribution < -0.4 is 4.72 Å². The number of nitrogens with one attached hydrogen (secondary N) is 2. The molecule has 0 aliphatic heterocycles. The molecule has 0 aliphatic carbocycles. The van der Waals surface area contributed by atoms with Crippen LogP contribution in [-0.2, 0) is 19.6 Å². The standard InChI is InChI=1S/C9H15N3O4S/c1-6(2)8(9(13)16-3)12-17(14,15)7-4-10-11-5-7/h4-6,8,12H,1-3H3,(H,10,11)/t8-/m0/s1. The molecule has 2 N–H and O–H groups in total. The Morgan fingerprint density at radius 2 is 2.18 bits per heavy atom. The van der Waals surface area contributed by atoms with Gasteiger partial charge in [-0.05, 0) is 5.92 Å². The Morgan fingerprint density at radius 3 is 2.59 bits per heavy atom. The zero-order chi connectivity index (χ0) is 13.1. The lowest BCUT2D eigenvalue weighted by Gasteiger charge is -2.19. The number of hydrogen-bond acceptors (Lipinski definition) is 5. The van der Waals surface area contributed by atoms with E-state index in [4.69, 9.17) is 0 Å². The summed E-state index contributed by atoms with van der Waals surface area (Å²) in [6.07, 6.45) is 2.40. The van der Waals surface area contributed by atoms with Gasteiger partial charge in [0, 0.05) is 6.20 Å². The monoisotopic (exact) mass is 261 g/mol. The van der Waals surface area contributed by atoms with Crippen LogP contribution in [-0.4, -0.2) is 37.7 Å². The summed E-state index contributed by atoms with van der Waals surface area (Å²) in [6, 6.07) is -0.917. The fraction of sp³-hybridized carbons (Fsp3) is 0.556. The number of esters is 1. The Bertz CT molecular complexity index is 466. The molecule has 96 valence electrons. The molecule has 0 radical (unpaired) electrons. The van der Waals surface area contributed by atoms with Crippen LogP contribution >= 0.6 is 0 Å². The summed E-state index contributed by atoms with van der Waals surface area (Å²) in [5.74, 6) is -0.837. The van der Waals surface area contributed by atoms with Gasteiger partial charge >= 0.3 is 5.97 Å². The Labute approximate surface area is 99.6 Å². The first-order chi connectivity index (χ1) is 7.88. The summed E-state index contributed by atoms with van der Waals surface area (Å²) in [7, 11) is -2.55. The summed E-state index contributed by atoms with van der Waals surface area (Å²) >= 11 is 0. The molecule has 7 nitrogen and oxygen atoms in total. The number of methoxy groups -OCH3 is 1. The van der Waals surface area contributed by atoms with Crippen LogP contribution in [0.25, 0.3) is 0 Å². The highest BCUT2D eigenvalue weighted by molar-refractivity contribution is 7.89. The average molecular weight is 261 g/mol. The Hall–Kier alpha value is -1.41. The van der Waals surface area contributed by atoms with Crippen LogP contribution in [0.1, 0.15) is 13.8 Å². The highest BCUT2D eigenvalue weighted by Gasteiger charge is 2.29. The molecular formula is C9H15N3O4S. The number of sulfonamides is 1. The van der Waals surface area contributed by atoms with E-state index >= 15 is 0 Å². The zero-order valence-corrected chi connectivity index (χ0v) is 10.6. The molecule has 0 fully saturated rings. The van der Waals surface area contributed by atoms with Crippen LogP contribution in [0, 0.1) is 5.92 Å². The van der Waals surface area contributed by atoms with Crippen molar-refractivity contribution in [3.63, 3.8) is 0 Å². The third kappa shape index (κ3) is 3.27. The first-order valence-electron chi connectivity index (χ1n) is 4.97. The topological polar surface area (TPSA) is 101 Å². The number of H-pyrrole nitrogens is 1.